The van der Waals surface area contributed by atoms with Crippen molar-refractivity contribution in [2.24, 2.45) is 0 Å². The molecule has 176 valence electrons. The second-order valence-corrected chi connectivity index (χ2v) is 9.55. The molecule has 8 nitrogen and oxygen atoms in total. The van der Waals surface area contributed by atoms with Gasteiger partial charge in [-0.2, -0.15) is 5.10 Å². The van der Waals surface area contributed by atoms with Gasteiger partial charge >= 0.3 is 0 Å². The van der Waals surface area contributed by atoms with Crippen molar-refractivity contribution < 1.29 is 14.4 Å². The number of aromatic nitrogens is 2. The second kappa shape index (κ2) is 9.55. The molecule has 2 aliphatic rings. The first-order chi connectivity index (χ1) is 15.8. The lowest BCUT2D eigenvalue weighted by atomic mass is 9.95. The van der Waals surface area contributed by atoms with Crippen LogP contribution in [0.4, 0.5) is 0 Å². The van der Waals surface area contributed by atoms with Gasteiger partial charge in [0.2, 0.25) is 5.91 Å². The van der Waals surface area contributed by atoms with Crippen LogP contribution in [-0.2, 0) is 17.9 Å². The third-order valence-corrected chi connectivity index (χ3v) is 7.18. The number of amides is 3. The van der Waals surface area contributed by atoms with Gasteiger partial charge in [-0.15, -0.1) is 0 Å². The summed E-state index contributed by atoms with van der Waals surface area (Å²) in [7, 11) is 1.63. The van der Waals surface area contributed by atoms with E-state index >= 15 is 0 Å². The SMILES string of the molecule is CN1C(=O)c2cc(C(=O)NCc3ccccc3Cl)nn2CC1(C)C(=O)NC1CCCCCC1. The molecule has 0 spiro atoms. The largest absolute Gasteiger partial charge is 0.351 e. The van der Waals surface area contributed by atoms with Gasteiger partial charge < -0.3 is 15.5 Å². The Bertz CT molecular complexity index is 1060. The molecule has 3 amide bonds. The van der Waals surface area contributed by atoms with E-state index in [0.29, 0.717) is 10.7 Å². The first-order valence-corrected chi connectivity index (χ1v) is 11.9. The molecule has 1 aromatic heterocycles. The molecule has 1 saturated carbocycles. The molecular formula is C24H30ClN5O3. The van der Waals surface area contributed by atoms with Crippen molar-refractivity contribution in [3.05, 3.63) is 52.3 Å². The van der Waals surface area contributed by atoms with Crippen LogP contribution in [0.2, 0.25) is 5.02 Å². The monoisotopic (exact) mass is 471 g/mol. The predicted octanol–water partition coefficient (Wildman–Crippen LogP) is 3.15. The third-order valence-electron chi connectivity index (χ3n) is 6.81. The summed E-state index contributed by atoms with van der Waals surface area (Å²) in [6, 6.07) is 8.86. The molecule has 2 heterocycles. The van der Waals surface area contributed by atoms with Crippen LogP contribution < -0.4 is 10.6 Å². The van der Waals surface area contributed by atoms with Crippen LogP contribution in [0.1, 0.15) is 72.0 Å². The number of benzene rings is 1. The van der Waals surface area contributed by atoms with Gasteiger partial charge in [-0.25, -0.2) is 0 Å². The molecule has 0 bridgehead atoms. The molecule has 2 aromatic rings. The van der Waals surface area contributed by atoms with Gasteiger partial charge in [0.1, 0.15) is 11.2 Å². The van der Waals surface area contributed by atoms with Crippen LogP contribution >= 0.6 is 11.6 Å². The predicted molar refractivity (Wildman–Crippen MR) is 125 cm³/mol. The molecule has 0 radical (unpaired) electrons. The van der Waals surface area contributed by atoms with E-state index in [2.05, 4.69) is 15.7 Å². The van der Waals surface area contributed by atoms with Gasteiger partial charge in [0.15, 0.2) is 5.69 Å². The van der Waals surface area contributed by atoms with Crippen molar-refractivity contribution in [2.45, 2.75) is 70.1 Å². The molecule has 1 atom stereocenters. The van der Waals surface area contributed by atoms with Gasteiger partial charge in [-0.3, -0.25) is 19.1 Å². The Morgan fingerprint density at radius 3 is 2.58 bits per heavy atom. The minimum Gasteiger partial charge on any atom is -0.351 e. The first-order valence-electron chi connectivity index (χ1n) is 11.5. The van der Waals surface area contributed by atoms with E-state index < -0.39 is 11.4 Å². The molecule has 1 aliphatic carbocycles. The lowest BCUT2D eigenvalue weighted by Gasteiger charge is -2.41. The number of nitrogens with one attached hydrogen (secondary N) is 2. The van der Waals surface area contributed by atoms with Gasteiger partial charge in [-0.05, 0) is 31.4 Å². The smallest absolute Gasteiger partial charge is 0.272 e. The maximum absolute atomic E-state index is 13.3. The van der Waals surface area contributed by atoms with Crippen molar-refractivity contribution in [1.82, 2.24) is 25.3 Å². The fourth-order valence-corrected chi connectivity index (χ4v) is 4.71. The standard InChI is InChI=1S/C24H30ClN5O3/c1-24(23(33)27-17-10-5-3-4-6-11-17)15-30-20(22(32)29(24)2)13-19(28-30)21(31)26-14-16-9-7-8-12-18(16)25/h7-9,12-13,17H,3-6,10-11,14-15H2,1-2H3,(H,26,31)(H,27,33). The maximum Gasteiger partial charge on any atom is 0.272 e. The summed E-state index contributed by atoms with van der Waals surface area (Å²) in [5.74, 6) is -0.926. The molecular weight excluding hydrogens is 442 g/mol. The minimum absolute atomic E-state index is 0.130. The van der Waals surface area contributed by atoms with E-state index in [1.54, 1.807) is 20.0 Å². The molecule has 0 saturated heterocycles. The second-order valence-electron chi connectivity index (χ2n) is 9.15. The molecule has 2 N–H and O–H groups in total. The zero-order chi connectivity index (χ0) is 23.6. The fraction of sp³-hybridized carbons (Fsp3) is 0.500. The summed E-state index contributed by atoms with van der Waals surface area (Å²) in [5, 5.41) is 10.9. The number of hydrogen-bond donors (Lipinski definition) is 2. The number of fused-ring (bicyclic) bond motifs is 1. The third kappa shape index (κ3) is 4.76. The van der Waals surface area contributed by atoms with Gasteiger partial charge in [0, 0.05) is 30.7 Å². The Morgan fingerprint density at radius 1 is 1.18 bits per heavy atom. The molecule has 33 heavy (non-hydrogen) atoms. The Kier molecular flexibility index (Phi) is 6.74. The Balaban J connectivity index is 1.48. The average Bonchev–Trinajstić information content (AvgIpc) is 3.05. The molecule has 4 rings (SSSR count). The van der Waals surface area contributed by atoms with Gasteiger partial charge in [-0.1, -0.05) is 55.5 Å². The normalized spacial score (nSPS) is 21.3. The van der Waals surface area contributed by atoms with Crippen molar-refractivity contribution in [2.75, 3.05) is 7.05 Å². The number of likely N-dealkylation sites (N-methyl/N-ethyl adjacent to an activating group) is 1. The van der Waals surface area contributed by atoms with Crippen molar-refractivity contribution in [3.63, 3.8) is 0 Å². The number of halogens is 1. The van der Waals surface area contributed by atoms with Crippen molar-refractivity contribution in [1.29, 1.82) is 0 Å². The first kappa shape index (κ1) is 23.3. The van der Waals surface area contributed by atoms with Crippen LogP contribution in [0.25, 0.3) is 0 Å². The van der Waals surface area contributed by atoms with Crippen LogP contribution in [-0.4, -0.2) is 51.0 Å². The number of carbonyl (C=O) groups is 3. The van der Waals surface area contributed by atoms with Crippen LogP contribution in [0.15, 0.2) is 30.3 Å². The highest BCUT2D eigenvalue weighted by Gasteiger charge is 2.46. The zero-order valence-electron chi connectivity index (χ0n) is 19.1. The van der Waals surface area contributed by atoms with E-state index in [9.17, 15) is 14.4 Å². The van der Waals surface area contributed by atoms with E-state index in [0.717, 1.165) is 31.2 Å². The number of hydrogen-bond acceptors (Lipinski definition) is 4. The average molecular weight is 472 g/mol. The number of rotatable bonds is 5. The highest BCUT2D eigenvalue weighted by atomic mass is 35.5. The summed E-state index contributed by atoms with van der Waals surface area (Å²) in [5.41, 5.74) is 0.121. The molecule has 1 fully saturated rings. The summed E-state index contributed by atoms with van der Waals surface area (Å²) >= 11 is 6.15. The maximum atomic E-state index is 13.3. The lowest BCUT2D eigenvalue weighted by molar-refractivity contribution is -0.133. The van der Waals surface area contributed by atoms with Crippen molar-refractivity contribution >= 4 is 29.3 Å². The van der Waals surface area contributed by atoms with Crippen LogP contribution in [0, 0.1) is 0 Å². The van der Waals surface area contributed by atoms with Gasteiger partial charge in [0.25, 0.3) is 11.8 Å². The molecule has 9 heteroatoms. The summed E-state index contributed by atoms with van der Waals surface area (Å²) in [6.45, 7) is 2.18. The van der Waals surface area contributed by atoms with Crippen LogP contribution in [0.3, 0.4) is 0 Å². The molecule has 1 aromatic carbocycles. The Labute approximate surface area is 198 Å². The van der Waals surface area contributed by atoms with E-state index in [1.165, 1.54) is 28.5 Å². The van der Waals surface area contributed by atoms with E-state index in [4.69, 9.17) is 11.6 Å². The molecule has 1 aliphatic heterocycles. The molecule has 1 unspecified atom stereocenters. The summed E-state index contributed by atoms with van der Waals surface area (Å²) in [6.07, 6.45) is 6.52. The van der Waals surface area contributed by atoms with Crippen molar-refractivity contribution in [3.8, 4) is 0 Å². The number of carbonyl (C=O) groups excluding carboxylic acids is 3. The Morgan fingerprint density at radius 2 is 1.88 bits per heavy atom. The fourth-order valence-electron chi connectivity index (χ4n) is 4.51. The van der Waals surface area contributed by atoms with Gasteiger partial charge in [0.05, 0.1) is 6.54 Å². The summed E-state index contributed by atoms with van der Waals surface area (Å²) < 4.78 is 1.47. The highest BCUT2D eigenvalue weighted by Crippen LogP contribution is 2.27. The minimum atomic E-state index is -1.09. The van der Waals surface area contributed by atoms with E-state index in [-0.39, 0.29) is 36.6 Å². The zero-order valence-corrected chi connectivity index (χ0v) is 19.8. The van der Waals surface area contributed by atoms with Crippen LogP contribution in [0.5, 0.6) is 0 Å². The van der Waals surface area contributed by atoms with E-state index in [1.807, 2.05) is 18.2 Å². The topological polar surface area (TPSA) is 96.3 Å². The quantitative estimate of drug-likeness (QED) is 0.655. The number of nitrogens with zero attached hydrogens (tertiary/aromatic N) is 3. The lowest BCUT2D eigenvalue weighted by Crippen LogP contribution is -2.63. The Hall–Kier alpha value is -2.87. The highest BCUT2D eigenvalue weighted by molar-refractivity contribution is 6.31. The summed E-state index contributed by atoms with van der Waals surface area (Å²) in [4.78, 5) is 40.5.